The van der Waals surface area contributed by atoms with Gasteiger partial charge in [0.1, 0.15) is 0 Å². The average molecular weight is 445 g/mol. The monoisotopic (exact) mass is 444 g/mol. The molecule has 2 aromatic carbocycles. The lowest BCUT2D eigenvalue weighted by atomic mass is 10.0. The Hall–Kier alpha value is -3.36. The maximum Gasteiger partial charge on any atom is 0.251 e. The molecule has 1 saturated heterocycles. The Labute approximate surface area is 190 Å². The molecule has 7 nitrogen and oxygen atoms in total. The molecule has 1 amide bonds. The van der Waals surface area contributed by atoms with Crippen LogP contribution in [0.2, 0.25) is 0 Å². The molecule has 1 aliphatic heterocycles. The molecule has 0 bridgehead atoms. The van der Waals surface area contributed by atoms with E-state index in [0.29, 0.717) is 16.6 Å². The largest absolute Gasteiger partial charge is 0.349 e. The van der Waals surface area contributed by atoms with E-state index >= 15 is 0 Å². The second-order valence-electron chi connectivity index (χ2n) is 7.91. The van der Waals surface area contributed by atoms with Crippen molar-refractivity contribution in [3.8, 4) is 0 Å². The third kappa shape index (κ3) is 4.92. The molecular formula is C24H24N6OS. The fraction of sp³-hybridized carbons (Fsp3) is 0.250. The highest BCUT2D eigenvalue weighted by Gasteiger charge is 2.21. The number of nitrogens with zero attached hydrogens (tertiary/aromatic N) is 4. The van der Waals surface area contributed by atoms with E-state index in [1.165, 1.54) is 16.9 Å². The van der Waals surface area contributed by atoms with Gasteiger partial charge in [0.2, 0.25) is 5.95 Å². The number of aromatic nitrogens is 3. The molecule has 0 unspecified atom stereocenters. The van der Waals surface area contributed by atoms with Gasteiger partial charge in [-0.15, -0.1) is 0 Å². The van der Waals surface area contributed by atoms with Gasteiger partial charge in [-0.3, -0.25) is 9.69 Å². The van der Waals surface area contributed by atoms with Crippen LogP contribution in [0.4, 0.5) is 11.1 Å². The van der Waals surface area contributed by atoms with Crippen LogP contribution in [-0.4, -0.2) is 44.9 Å². The van der Waals surface area contributed by atoms with Crippen molar-refractivity contribution in [1.29, 1.82) is 0 Å². The third-order valence-electron chi connectivity index (χ3n) is 5.61. The van der Waals surface area contributed by atoms with Crippen LogP contribution in [0.15, 0.2) is 67.0 Å². The Balaban J connectivity index is 1.18. The number of hydrogen-bond donors (Lipinski definition) is 2. The Morgan fingerprint density at radius 3 is 2.59 bits per heavy atom. The fourth-order valence-corrected chi connectivity index (χ4v) is 4.82. The second-order valence-corrected chi connectivity index (χ2v) is 8.94. The minimum Gasteiger partial charge on any atom is -0.349 e. The van der Waals surface area contributed by atoms with E-state index in [1.807, 2.05) is 24.3 Å². The van der Waals surface area contributed by atoms with Gasteiger partial charge in [-0.05, 0) is 42.7 Å². The van der Waals surface area contributed by atoms with Crippen molar-refractivity contribution in [3.63, 3.8) is 0 Å². The molecule has 0 radical (unpaired) electrons. The van der Waals surface area contributed by atoms with E-state index in [9.17, 15) is 4.79 Å². The number of carbonyl (C=O) groups is 1. The summed E-state index contributed by atoms with van der Waals surface area (Å²) in [6.07, 6.45) is 5.29. The summed E-state index contributed by atoms with van der Waals surface area (Å²) in [5, 5.41) is 7.03. The van der Waals surface area contributed by atoms with Crippen molar-refractivity contribution >= 4 is 38.5 Å². The van der Waals surface area contributed by atoms with E-state index in [4.69, 9.17) is 0 Å². The standard InChI is InChI=1S/C24H24N6OS/c31-22(27-19-9-13-30(14-10-19)16-17-5-2-1-3-6-17)18-7-8-20-21(15-18)32-24(28-20)29-23-25-11-4-12-26-23/h1-8,11-12,15,19H,9-10,13-14,16H2,(H,27,31)(H,25,26,28,29). The van der Waals surface area contributed by atoms with Crippen LogP contribution in [0.5, 0.6) is 0 Å². The number of rotatable bonds is 6. The Morgan fingerprint density at radius 1 is 1.03 bits per heavy atom. The summed E-state index contributed by atoms with van der Waals surface area (Å²) in [5.74, 6) is 0.478. The summed E-state index contributed by atoms with van der Waals surface area (Å²) in [4.78, 5) is 28.2. The van der Waals surface area contributed by atoms with Gasteiger partial charge in [0.15, 0.2) is 5.13 Å². The number of fused-ring (bicyclic) bond motifs is 1. The van der Waals surface area contributed by atoms with Gasteiger partial charge >= 0.3 is 0 Å². The van der Waals surface area contributed by atoms with Crippen molar-refractivity contribution < 1.29 is 4.79 Å². The number of amides is 1. The van der Waals surface area contributed by atoms with Crippen molar-refractivity contribution in [2.45, 2.75) is 25.4 Å². The molecule has 0 saturated carbocycles. The maximum atomic E-state index is 12.9. The lowest BCUT2D eigenvalue weighted by Gasteiger charge is -2.32. The predicted molar refractivity (Wildman–Crippen MR) is 127 cm³/mol. The van der Waals surface area contributed by atoms with E-state index in [2.05, 4.69) is 54.8 Å². The van der Waals surface area contributed by atoms with Gasteiger partial charge in [-0.2, -0.15) is 0 Å². The molecular weight excluding hydrogens is 420 g/mol. The summed E-state index contributed by atoms with van der Waals surface area (Å²) >= 11 is 1.48. The Kier molecular flexibility index (Phi) is 6.04. The number of nitrogens with one attached hydrogen (secondary N) is 2. The molecule has 32 heavy (non-hydrogen) atoms. The molecule has 2 aromatic heterocycles. The highest BCUT2D eigenvalue weighted by molar-refractivity contribution is 7.22. The van der Waals surface area contributed by atoms with Crippen LogP contribution in [-0.2, 0) is 6.54 Å². The van der Waals surface area contributed by atoms with Gasteiger partial charge in [0.05, 0.1) is 10.2 Å². The van der Waals surface area contributed by atoms with Crippen LogP contribution in [0.3, 0.4) is 0 Å². The van der Waals surface area contributed by atoms with Crippen molar-refractivity contribution in [2.75, 3.05) is 18.4 Å². The third-order valence-corrected chi connectivity index (χ3v) is 6.54. The first kappa shape index (κ1) is 20.5. The second kappa shape index (κ2) is 9.42. The van der Waals surface area contributed by atoms with Gasteiger partial charge in [0.25, 0.3) is 5.91 Å². The molecule has 1 aliphatic rings. The molecule has 162 valence electrons. The zero-order valence-corrected chi connectivity index (χ0v) is 18.4. The summed E-state index contributed by atoms with van der Waals surface area (Å²) in [6, 6.07) is 18.1. The lowest BCUT2D eigenvalue weighted by molar-refractivity contribution is 0.0909. The topological polar surface area (TPSA) is 83.0 Å². The number of anilines is 2. The van der Waals surface area contributed by atoms with Crippen molar-refractivity contribution in [1.82, 2.24) is 25.2 Å². The average Bonchev–Trinajstić information content (AvgIpc) is 3.23. The summed E-state index contributed by atoms with van der Waals surface area (Å²) in [5.41, 5.74) is 2.84. The van der Waals surface area contributed by atoms with Gasteiger partial charge in [0, 0.05) is 43.6 Å². The SMILES string of the molecule is O=C(NC1CCN(Cc2ccccc2)CC1)c1ccc2nc(Nc3ncccn3)sc2c1. The Bertz CT molecular complexity index is 1190. The number of benzene rings is 2. The molecule has 5 rings (SSSR count). The van der Waals surface area contributed by atoms with E-state index in [0.717, 1.165) is 42.7 Å². The van der Waals surface area contributed by atoms with Gasteiger partial charge < -0.3 is 10.6 Å². The first-order valence-electron chi connectivity index (χ1n) is 10.7. The fourth-order valence-electron chi connectivity index (χ4n) is 3.92. The molecule has 0 spiro atoms. The van der Waals surface area contributed by atoms with Crippen LogP contribution in [0, 0.1) is 0 Å². The van der Waals surface area contributed by atoms with Crippen LogP contribution >= 0.6 is 11.3 Å². The normalized spacial score (nSPS) is 15.0. The number of thiazole rings is 1. The lowest BCUT2D eigenvalue weighted by Crippen LogP contribution is -2.44. The predicted octanol–water partition coefficient (Wildman–Crippen LogP) is 4.22. The molecule has 8 heteroatoms. The number of hydrogen-bond acceptors (Lipinski definition) is 7. The molecule has 0 aliphatic carbocycles. The summed E-state index contributed by atoms with van der Waals surface area (Å²) < 4.78 is 0.953. The van der Waals surface area contributed by atoms with E-state index in [-0.39, 0.29) is 11.9 Å². The zero-order valence-electron chi connectivity index (χ0n) is 17.6. The number of carbonyl (C=O) groups excluding carboxylic acids is 1. The molecule has 3 heterocycles. The van der Waals surface area contributed by atoms with Gasteiger partial charge in [-0.25, -0.2) is 15.0 Å². The first-order valence-corrected chi connectivity index (χ1v) is 11.6. The molecule has 0 atom stereocenters. The Morgan fingerprint density at radius 2 is 1.81 bits per heavy atom. The number of likely N-dealkylation sites (tertiary alicyclic amines) is 1. The van der Waals surface area contributed by atoms with Crippen LogP contribution in [0.1, 0.15) is 28.8 Å². The molecule has 4 aromatic rings. The summed E-state index contributed by atoms with van der Waals surface area (Å²) in [6.45, 7) is 2.95. The van der Waals surface area contributed by atoms with Crippen LogP contribution in [0.25, 0.3) is 10.2 Å². The quantitative estimate of drug-likeness (QED) is 0.463. The number of piperidine rings is 1. The smallest absolute Gasteiger partial charge is 0.251 e. The van der Waals surface area contributed by atoms with Crippen molar-refractivity contribution in [3.05, 3.63) is 78.1 Å². The van der Waals surface area contributed by atoms with Crippen LogP contribution < -0.4 is 10.6 Å². The highest BCUT2D eigenvalue weighted by atomic mass is 32.1. The zero-order chi connectivity index (χ0) is 21.8. The molecule has 2 N–H and O–H groups in total. The first-order chi connectivity index (χ1) is 15.7. The minimum absolute atomic E-state index is 0.0253. The van der Waals surface area contributed by atoms with E-state index in [1.54, 1.807) is 18.5 Å². The molecule has 1 fully saturated rings. The minimum atomic E-state index is -0.0253. The van der Waals surface area contributed by atoms with Gasteiger partial charge in [-0.1, -0.05) is 41.7 Å². The van der Waals surface area contributed by atoms with Crippen molar-refractivity contribution in [2.24, 2.45) is 0 Å². The highest BCUT2D eigenvalue weighted by Crippen LogP contribution is 2.28. The summed E-state index contributed by atoms with van der Waals surface area (Å²) in [7, 11) is 0. The van der Waals surface area contributed by atoms with E-state index < -0.39 is 0 Å². The maximum absolute atomic E-state index is 12.9.